The molecule has 2 aromatic carbocycles. The Hall–Kier alpha value is -4.25. The highest BCUT2D eigenvalue weighted by atomic mass is 16.5. The lowest BCUT2D eigenvalue weighted by Gasteiger charge is -2.36. The first-order valence-corrected chi connectivity index (χ1v) is 12.1. The minimum atomic E-state index is -0.930. The van der Waals surface area contributed by atoms with Gasteiger partial charge in [0.1, 0.15) is 24.2 Å². The Labute approximate surface area is 213 Å². The predicted octanol–water partition coefficient (Wildman–Crippen LogP) is 1.20. The first kappa shape index (κ1) is 24.4. The monoisotopic (exact) mass is 506 g/mol. The summed E-state index contributed by atoms with van der Waals surface area (Å²) in [4.78, 5) is 36.5. The van der Waals surface area contributed by atoms with Gasteiger partial charge in [0.15, 0.2) is 11.2 Å². The molecule has 2 aromatic heterocycles. The number of para-hydroxylation sites is 1. The molecule has 1 fully saturated rings. The van der Waals surface area contributed by atoms with Crippen LogP contribution in [0, 0.1) is 0 Å². The van der Waals surface area contributed by atoms with E-state index in [0.29, 0.717) is 30.5 Å². The van der Waals surface area contributed by atoms with Gasteiger partial charge in [-0.15, -0.1) is 0 Å². The molecule has 0 saturated carbocycles. The maximum absolute atomic E-state index is 12.8. The number of hydrogen-bond acceptors (Lipinski definition) is 8. The van der Waals surface area contributed by atoms with Gasteiger partial charge < -0.3 is 28.9 Å². The molecule has 2 N–H and O–H groups in total. The number of nitrogens with zero attached hydrogens (tertiary/aromatic N) is 5. The quantitative estimate of drug-likeness (QED) is 0.366. The van der Waals surface area contributed by atoms with Crippen LogP contribution in [0.25, 0.3) is 11.2 Å². The summed E-state index contributed by atoms with van der Waals surface area (Å²) in [6.07, 6.45) is -0.930. The summed E-state index contributed by atoms with van der Waals surface area (Å²) in [7, 11) is 3.16. The Kier molecular flexibility index (Phi) is 6.87. The van der Waals surface area contributed by atoms with E-state index in [4.69, 9.17) is 14.5 Å². The zero-order valence-corrected chi connectivity index (χ0v) is 20.8. The van der Waals surface area contributed by atoms with Crippen LogP contribution in [0.3, 0.4) is 0 Å². The van der Waals surface area contributed by atoms with Crippen molar-refractivity contribution in [3.05, 3.63) is 75.4 Å². The van der Waals surface area contributed by atoms with Gasteiger partial charge in [-0.25, -0.2) is 4.79 Å². The second-order valence-electron chi connectivity index (χ2n) is 8.96. The van der Waals surface area contributed by atoms with E-state index in [1.807, 2.05) is 18.2 Å². The lowest BCUT2D eigenvalue weighted by atomic mass is 10.2. The second kappa shape index (κ2) is 10.4. The number of aliphatic hydroxyl groups is 1. The van der Waals surface area contributed by atoms with Gasteiger partial charge in [0, 0.05) is 38.9 Å². The largest absolute Gasteiger partial charge is 0.497 e. The number of benzene rings is 2. The van der Waals surface area contributed by atoms with Gasteiger partial charge in [0.05, 0.1) is 13.7 Å². The SMILES string of the molecule is COc1ccc(OC[C@@H](O)Cn2c(N3CCN(c4ccccc4)CC3)nc3c2c(=O)[nH]c(=O)n3C)cc1. The Bertz CT molecular complexity index is 1470. The van der Waals surface area contributed by atoms with Gasteiger partial charge in [-0.2, -0.15) is 4.98 Å². The Morgan fingerprint density at radius 2 is 1.62 bits per heavy atom. The van der Waals surface area contributed by atoms with Gasteiger partial charge in [0.2, 0.25) is 5.95 Å². The summed E-state index contributed by atoms with van der Waals surface area (Å²) in [5.41, 5.74) is 0.596. The molecule has 0 amide bonds. The second-order valence-corrected chi connectivity index (χ2v) is 8.96. The number of ether oxygens (including phenoxy) is 2. The van der Waals surface area contributed by atoms with Crippen molar-refractivity contribution in [1.29, 1.82) is 0 Å². The van der Waals surface area contributed by atoms with Gasteiger partial charge in [-0.1, -0.05) is 18.2 Å². The van der Waals surface area contributed by atoms with Gasteiger partial charge in [0.25, 0.3) is 5.56 Å². The number of fused-ring (bicyclic) bond motifs is 1. The van der Waals surface area contributed by atoms with Crippen molar-refractivity contribution in [2.24, 2.45) is 7.05 Å². The van der Waals surface area contributed by atoms with Crippen molar-refractivity contribution in [3.8, 4) is 11.5 Å². The number of anilines is 2. The maximum atomic E-state index is 12.8. The first-order chi connectivity index (χ1) is 17.9. The molecule has 0 spiro atoms. The number of aromatic nitrogens is 4. The van der Waals surface area contributed by atoms with Crippen LogP contribution in [0.2, 0.25) is 0 Å². The third kappa shape index (κ3) is 5.03. The zero-order chi connectivity index (χ0) is 25.9. The number of hydrogen-bond donors (Lipinski definition) is 2. The van der Waals surface area contributed by atoms with Crippen LogP contribution in [-0.2, 0) is 13.6 Å². The summed E-state index contributed by atoms with van der Waals surface area (Å²) in [6, 6.07) is 17.3. The van der Waals surface area contributed by atoms with Crippen LogP contribution >= 0.6 is 0 Å². The average molecular weight is 507 g/mol. The molecule has 0 bridgehead atoms. The lowest BCUT2D eigenvalue weighted by Crippen LogP contribution is -2.47. The van der Waals surface area contributed by atoms with Crippen LogP contribution < -0.4 is 30.5 Å². The molecule has 1 aliphatic heterocycles. The highest BCUT2D eigenvalue weighted by molar-refractivity contribution is 5.74. The fourth-order valence-corrected chi connectivity index (χ4v) is 4.57. The summed E-state index contributed by atoms with van der Waals surface area (Å²) < 4.78 is 13.9. The molecular weight excluding hydrogens is 476 g/mol. The topological polar surface area (TPSA) is 118 Å². The van der Waals surface area contributed by atoms with Crippen LogP contribution in [0.1, 0.15) is 0 Å². The number of imidazole rings is 1. The van der Waals surface area contributed by atoms with Gasteiger partial charge in [-0.3, -0.25) is 14.3 Å². The molecule has 1 atom stereocenters. The van der Waals surface area contributed by atoms with E-state index in [1.54, 1.807) is 43.0 Å². The van der Waals surface area contributed by atoms with Gasteiger partial charge in [-0.05, 0) is 36.4 Å². The zero-order valence-electron chi connectivity index (χ0n) is 20.8. The Balaban J connectivity index is 1.39. The summed E-state index contributed by atoms with van der Waals surface area (Å²) >= 11 is 0. The summed E-state index contributed by atoms with van der Waals surface area (Å²) in [6.45, 7) is 2.96. The van der Waals surface area contributed by atoms with E-state index in [9.17, 15) is 14.7 Å². The molecule has 5 rings (SSSR count). The minimum absolute atomic E-state index is 0.0108. The molecule has 0 radical (unpaired) electrons. The third-order valence-corrected chi connectivity index (χ3v) is 6.57. The number of nitrogens with one attached hydrogen (secondary N) is 1. The molecule has 0 unspecified atom stereocenters. The number of aliphatic hydroxyl groups excluding tert-OH is 1. The molecule has 0 aliphatic carbocycles. The molecule has 11 nitrogen and oxygen atoms in total. The summed E-state index contributed by atoms with van der Waals surface area (Å²) in [5, 5.41) is 10.9. The van der Waals surface area contributed by atoms with E-state index in [0.717, 1.165) is 18.8 Å². The van der Waals surface area contributed by atoms with Crippen molar-refractivity contribution < 1.29 is 14.6 Å². The fourth-order valence-electron chi connectivity index (χ4n) is 4.57. The number of aryl methyl sites for hydroxylation is 1. The van der Waals surface area contributed by atoms with Crippen molar-refractivity contribution in [3.63, 3.8) is 0 Å². The molecule has 194 valence electrons. The summed E-state index contributed by atoms with van der Waals surface area (Å²) in [5.74, 6) is 1.84. The average Bonchev–Trinajstić information content (AvgIpc) is 3.31. The molecule has 3 heterocycles. The van der Waals surface area contributed by atoms with Crippen molar-refractivity contribution in [2.45, 2.75) is 12.6 Å². The van der Waals surface area contributed by atoms with E-state index in [2.05, 4.69) is 26.9 Å². The van der Waals surface area contributed by atoms with Crippen molar-refractivity contribution in [1.82, 2.24) is 19.1 Å². The van der Waals surface area contributed by atoms with Crippen molar-refractivity contribution >= 4 is 22.8 Å². The molecular formula is C26H30N6O5. The van der Waals surface area contributed by atoms with Crippen LogP contribution in [0.15, 0.2) is 64.2 Å². The van der Waals surface area contributed by atoms with E-state index >= 15 is 0 Å². The van der Waals surface area contributed by atoms with Crippen molar-refractivity contribution in [2.75, 3.05) is 49.7 Å². The standard InChI is InChI=1S/C26H30N6O5/c1-29-23-22(24(34)28-26(29)35)32(16-19(33)17-37-21-10-8-20(36-2)9-11-21)25(27-23)31-14-12-30(13-15-31)18-6-4-3-5-7-18/h3-11,19,33H,12-17H2,1-2H3,(H,28,34,35)/t19-/m0/s1. The number of methoxy groups -OCH3 is 1. The smallest absolute Gasteiger partial charge is 0.329 e. The molecule has 1 saturated heterocycles. The Morgan fingerprint density at radius 1 is 0.973 bits per heavy atom. The predicted molar refractivity (Wildman–Crippen MR) is 141 cm³/mol. The normalized spacial score (nSPS) is 14.7. The number of piperazine rings is 1. The third-order valence-electron chi connectivity index (χ3n) is 6.57. The molecule has 4 aromatic rings. The number of rotatable bonds is 8. The van der Waals surface area contributed by atoms with Crippen LogP contribution in [0.5, 0.6) is 11.5 Å². The number of H-pyrrole nitrogens is 1. The highest BCUT2D eigenvalue weighted by Gasteiger charge is 2.26. The minimum Gasteiger partial charge on any atom is -0.497 e. The van der Waals surface area contributed by atoms with E-state index in [1.165, 1.54) is 4.57 Å². The first-order valence-electron chi connectivity index (χ1n) is 12.1. The fraction of sp³-hybridized carbons (Fsp3) is 0.346. The van der Waals surface area contributed by atoms with E-state index < -0.39 is 17.4 Å². The van der Waals surface area contributed by atoms with Gasteiger partial charge >= 0.3 is 5.69 Å². The molecule has 1 aliphatic rings. The Morgan fingerprint density at radius 3 is 2.30 bits per heavy atom. The van der Waals surface area contributed by atoms with Crippen LogP contribution in [-0.4, -0.2) is 70.2 Å². The molecule has 37 heavy (non-hydrogen) atoms. The highest BCUT2D eigenvalue weighted by Crippen LogP contribution is 2.24. The maximum Gasteiger partial charge on any atom is 0.329 e. The van der Waals surface area contributed by atoms with Crippen LogP contribution in [0.4, 0.5) is 11.6 Å². The molecule has 11 heteroatoms. The number of aromatic amines is 1. The van der Waals surface area contributed by atoms with E-state index in [-0.39, 0.29) is 24.3 Å². The lowest BCUT2D eigenvalue weighted by molar-refractivity contribution is 0.0936.